The minimum atomic E-state index is -1.08. The first-order chi connectivity index (χ1) is 8.16. The number of rotatable bonds is 4. The number of carboxylic acids is 1. The van der Waals surface area contributed by atoms with Gasteiger partial charge in [0.2, 0.25) is 0 Å². The van der Waals surface area contributed by atoms with Crippen LogP contribution in [-0.4, -0.2) is 28.5 Å². The summed E-state index contributed by atoms with van der Waals surface area (Å²) in [5, 5.41) is 11.6. The molecular formula is C12H14N2O3. The molecule has 0 spiro atoms. The number of carbonyl (C=O) groups excluding carboxylic acids is 1. The van der Waals surface area contributed by atoms with Gasteiger partial charge in [0.05, 0.1) is 11.1 Å². The van der Waals surface area contributed by atoms with Crippen LogP contribution < -0.4 is 5.32 Å². The van der Waals surface area contributed by atoms with E-state index >= 15 is 0 Å². The Kier molecular flexibility index (Phi) is 3.37. The quantitative estimate of drug-likeness (QED) is 0.823. The number of pyridine rings is 1. The highest BCUT2D eigenvalue weighted by atomic mass is 16.4. The molecule has 0 bridgehead atoms. The first kappa shape index (κ1) is 11.6. The largest absolute Gasteiger partial charge is 0.478 e. The maximum atomic E-state index is 11.7. The molecule has 0 atom stereocenters. The molecule has 2 rings (SSSR count). The summed E-state index contributed by atoms with van der Waals surface area (Å²) < 4.78 is 0. The van der Waals surface area contributed by atoms with E-state index in [0.29, 0.717) is 18.0 Å². The molecule has 1 heterocycles. The van der Waals surface area contributed by atoms with Crippen molar-refractivity contribution >= 4 is 11.9 Å². The minimum Gasteiger partial charge on any atom is -0.478 e. The fourth-order valence-corrected chi connectivity index (χ4v) is 1.72. The fraction of sp³-hybridized carbons (Fsp3) is 0.417. The summed E-state index contributed by atoms with van der Waals surface area (Å²) >= 11 is 0. The number of hydrogen-bond donors (Lipinski definition) is 2. The van der Waals surface area contributed by atoms with E-state index in [1.165, 1.54) is 24.9 Å². The van der Waals surface area contributed by atoms with Crippen molar-refractivity contribution in [3.8, 4) is 0 Å². The van der Waals surface area contributed by atoms with E-state index in [2.05, 4.69) is 10.3 Å². The molecule has 1 fully saturated rings. The number of nitrogens with one attached hydrogen (secondary N) is 1. The van der Waals surface area contributed by atoms with Gasteiger partial charge >= 0.3 is 5.97 Å². The van der Waals surface area contributed by atoms with Gasteiger partial charge in [0, 0.05) is 18.9 Å². The van der Waals surface area contributed by atoms with Gasteiger partial charge in [-0.15, -0.1) is 0 Å². The van der Waals surface area contributed by atoms with Crippen molar-refractivity contribution < 1.29 is 14.7 Å². The maximum absolute atomic E-state index is 11.7. The van der Waals surface area contributed by atoms with E-state index < -0.39 is 5.97 Å². The van der Waals surface area contributed by atoms with Crippen LogP contribution in [0.15, 0.2) is 18.5 Å². The van der Waals surface area contributed by atoms with Crippen molar-refractivity contribution in [3.05, 3.63) is 29.6 Å². The summed E-state index contributed by atoms with van der Waals surface area (Å²) in [6, 6.07) is 1.34. The average molecular weight is 234 g/mol. The van der Waals surface area contributed by atoms with Gasteiger partial charge in [-0.1, -0.05) is 6.42 Å². The lowest BCUT2D eigenvalue weighted by Gasteiger charge is -2.25. The van der Waals surface area contributed by atoms with Crippen LogP contribution in [0.4, 0.5) is 0 Å². The van der Waals surface area contributed by atoms with E-state index in [-0.39, 0.29) is 11.5 Å². The predicted molar refractivity (Wildman–Crippen MR) is 60.9 cm³/mol. The molecule has 1 aliphatic carbocycles. The fourth-order valence-electron chi connectivity index (χ4n) is 1.72. The number of aromatic carboxylic acids is 1. The van der Waals surface area contributed by atoms with Gasteiger partial charge in [-0.2, -0.15) is 0 Å². The molecule has 0 aliphatic heterocycles. The molecule has 0 aromatic carbocycles. The first-order valence-corrected chi connectivity index (χ1v) is 5.63. The zero-order valence-corrected chi connectivity index (χ0v) is 9.35. The maximum Gasteiger partial charge on any atom is 0.337 e. The van der Waals surface area contributed by atoms with Gasteiger partial charge in [-0.3, -0.25) is 9.78 Å². The van der Waals surface area contributed by atoms with Gasteiger partial charge in [0.1, 0.15) is 0 Å². The lowest BCUT2D eigenvalue weighted by molar-refractivity contribution is 0.0696. The number of amides is 1. The van der Waals surface area contributed by atoms with Crippen LogP contribution in [-0.2, 0) is 0 Å². The molecule has 1 aliphatic rings. The Balaban J connectivity index is 1.97. The first-order valence-electron chi connectivity index (χ1n) is 5.63. The SMILES string of the molecule is O=C(O)c1cncc(C(=O)NCC2CCC2)c1. The summed E-state index contributed by atoms with van der Waals surface area (Å²) in [7, 11) is 0. The van der Waals surface area contributed by atoms with Crippen molar-refractivity contribution in [3.63, 3.8) is 0 Å². The minimum absolute atomic E-state index is 0.0290. The van der Waals surface area contributed by atoms with Crippen molar-refractivity contribution in [1.29, 1.82) is 0 Å². The lowest BCUT2D eigenvalue weighted by atomic mass is 9.85. The van der Waals surface area contributed by atoms with Crippen molar-refractivity contribution in [1.82, 2.24) is 10.3 Å². The summed E-state index contributed by atoms with van der Waals surface area (Å²) in [6.45, 7) is 0.663. The van der Waals surface area contributed by atoms with Crippen LogP contribution in [0, 0.1) is 5.92 Å². The highest BCUT2D eigenvalue weighted by Gasteiger charge is 2.18. The van der Waals surface area contributed by atoms with Crippen LogP contribution in [0.5, 0.6) is 0 Å². The number of nitrogens with zero attached hydrogens (tertiary/aromatic N) is 1. The molecule has 5 nitrogen and oxygen atoms in total. The second-order valence-electron chi connectivity index (χ2n) is 4.27. The third kappa shape index (κ3) is 2.81. The Morgan fingerprint density at radius 1 is 1.35 bits per heavy atom. The van der Waals surface area contributed by atoms with E-state index in [1.54, 1.807) is 0 Å². The van der Waals surface area contributed by atoms with Gasteiger partial charge in [-0.25, -0.2) is 4.79 Å². The van der Waals surface area contributed by atoms with Crippen LogP contribution in [0.3, 0.4) is 0 Å². The predicted octanol–water partition coefficient (Wildman–Crippen LogP) is 1.31. The molecule has 1 aromatic heterocycles. The molecule has 0 unspecified atom stereocenters. The molecule has 0 radical (unpaired) electrons. The molecule has 2 N–H and O–H groups in total. The van der Waals surface area contributed by atoms with E-state index in [0.717, 1.165) is 12.8 Å². The Labute approximate surface area is 98.9 Å². The zero-order valence-electron chi connectivity index (χ0n) is 9.35. The summed E-state index contributed by atoms with van der Waals surface area (Å²) in [6.07, 6.45) is 6.16. The Morgan fingerprint density at radius 3 is 2.65 bits per heavy atom. The Hall–Kier alpha value is -1.91. The van der Waals surface area contributed by atoms with E-state index in [1.807, 2.05) is 0 Å². The van der Waals surface area contributed by atoms with Crippen LogP contribution in [0.25, 0.3) is 0 Å². The topological polar surface area (TPSA) is 79.3 Å². The summed E-state index contributed by atoms with van der Waals surface area (Å²) in [4.78, 5) is 26.2. The number of hydrogen-bond acceptors (Lipinski definition) is 3. The Morgan fingerprint density at radius 2 is 2.06 bits per heavy atom. The van der Waals surface area contributed by atoms with Crippen LogP contribution >= 0.6 is 0 Å². The average Bonchev–Trinajstić information content (AvgIpc) is 2.27. The van der Waals surface area contributed by atoms with E-state index in [4.69, 9.17) is 5.11 Å². The second-order valence-corrected chi connectivity index (χ2v) is 4.27. The summed E-state index contributed by atoms with van der Waals surface area (Å²) in [5.74, 6) is -0.756. The zero-order chi connectivity index (χ0) is 12.3. The molecule has 1 saturated carbocycles. The standard InChI is InChI=1S/C12H14N2O3/c15-11(14-5-8-2-1-3-8)9-4-10(12(16)17)7-13-6-9/h4,6-8H,1-3,5H2,(H,14,15)(H,16,17). The van der Waals surface area contributed by atoms with Gasteiger partial charge in [0.15, 0.2) is 0 Å². The van der Waals surface area contributed by atoms with Crippen molar-refractivity contribution in [2.45, 2.75) is 19.3 Å². The highest BCUT2D eigenvalue weighted by molar-refractivity contribution is 5.96. The molecule has 90 valence electrons. The molecule has 1 amide bonds. The Bertz CT molecular complexity index is 441. The lowest BCUT2D eigenvalue weighted by Crippen LogP contribution is -2.32. The van der Waals surface area contributed by atoms with Crippen LogP contribution in [0.1, 0.15) is 40.0 Å². The van der Waals surface area contributed by atoms with Gasteiger partial charge in [0.25, 0.3) is 5.91 Å². The smallest absolute Gasteiger partial charge is 0.337 e. The monoisotopic (exact) mass is 234 g/mol. The molecule has 5 heteroatoms. The van der Waals surface area contributed by atoms with Gasteiger partial charge in [-0.05, 0) is 24.8 Å². The third-order valence-corrected chi connectivity index (χ3v) is 3.02. The van der Waals surface area contributed by atoms with E-state index in [9.17, 15) is 9.59 Å². The molecule has 1 aromatic rings. The van der Waals surface area contributed by atoms with Crippen LogP contribution in [0.2, 0.25) is 0 Å². The summed E-state index contributed by atoms with van der Waals surface area (Å²) in [5.41, 5.74) is 0.325. The number of aromatic nitrogens is 1. The van der Waals surface area contributed by atoms with Gasteiger partial charge < -0.3 is 10.4 Å². The number of carboxylic acid groups (broad SMARTS) is 1. The molecule has 0 saturated heterocycles. The normalized spacial score (nSPS) is 15.1. The number of carbonyl (C=O) groups is 2. The molecule has 17 heavy (non-hydrogen) atoms. The second kappa shape index (κ2) is 4.95. The molecular weight excluding hydrogens is 220 g/mol. The van der Waals surface area contributed by atoms with Crippen molar-refractivity contribution in [2.24, 2.45) is 5.92 Å². The highest BCUT2D eigenvalue weighted by Crippen LogP contribution is 2.25. The third-order valence-electron chi connectivity index (χ3n) is 3.02. The van der Waals surface area contributed by atoms with Crippen molar-refractivity contribution in [2.75, 3.05) is 6.54 Å².